The smallest absolute Gasteiger partial charge is 0.329 e. The summed E-state index contributed by atoms with van der Waals surface area (Å²) in [6, 6.07) is -1.02. The van der Waals surface area contributed by atoms with E-state index < -0.39 is 60.3 Å². The highest BCUT2D eigenvalue weighted by Gasteiger charge is 2.53. The van der Waals surface area contributed by atoms with Gasteiger partial charge < -0.3 is 34.8 Å². The molecule has 0 spiro atoms. The van der Waals surface area contributed by atoms with Crippen LogP contribution in [0.2, 0.25) is 0 Å². The van der Waals surface area contributed by atoms with Crippen molar-refractivity contribution in [2.45, 2.75) is 161 Å². The molecule has 0 aromatic rings. The Hall–Kier alpha value is -3.29. The number of ether oxygens (including phenoxy) is 2. The average molecular weight is 800 g/mol. The van der Waals surface area contributed by atoms with Gasteiger partial charge in [-0.3, -0.25) is 19.2 Å². The van der Waals surface area contributed by atoms with Crippen molar-refractivity contribution in [3.63, 3.8) is 0 Å². The van der Waals surface area contributed by atoms with E-state index in [1.54, 1.807) is 45.9 Å². The number of carbonyl (C=O) groups is 5. The number of hydrogen-bond acceptors (Lipinski definition) is 11. The number of aldehydes is 1. The standard InChI is InChI=1S/C45H69NO11/c1-29(24-32(4)40(51)28-48)12-8-7-9-13-31(3)39(50)26-37-21-16-34(6)45(55,57-37)42(52)43(53)46-23-11-10-14-38(46)44(54)56-41(22-15-30(2)27-47)33(5)25-35-17-19-36(49)20-18-35/h7-9,12-13,15,27,29,32-39,41,48-50,55H,10-11,14,16-26,28H2,1-6H3/b9-7+,12-8+,30-15+,31-13+/t29-,32-,33-,34-,35?,36?,37+,38+,39+,41+,45-/m1/s1. The van der Waals surface area contributed by atoms with Gasteiger partial charge in [0, 0.05) is 31.2 Å². The van der Waals surface area contributed by atoms with Gasteiger partial charge in [-0.05, 0) is 113 Å². The van der Waals surface area contributed by atoms with Gasteiger partial charge in [0.2, 0.25) is 5.79 Å². The van der Waals surface area contributed by atoms with E-state index in [9.17, 15) is 39.3 Å². The van der Waals surface area contributed by atoms with Crippen LogP contribution in [0.25, 0.3) is 0 Å². The summed E-state index contributed by atoms with van der Waals surface area (Å²) >= 11 is 0. The second kappa shape index (κ2) is 23.3. The van der Waals surface area contributed by atoms with Crippen molar-refractivity contribution in [2.24, 2.45) is 29.6 Å². The molecule has 2 aliphatic heterocycles. The number of aliphatic hydroxyl groups excluding tert-OH is 3. The first-order valence-electron chi connectivity index (χ1n) is 21.1. The summed E-state index contributed by atoms with van der Waals surface area (Å²) in [7, 11) is 0. The minimum absolute atomic E-state index is 0.0600. The summed E-state index contributed by atoms with van der Waals surface area (Å²) in [6.07, 6.45) is 16.6. The van der Waals surface area contributed by atoms with E-state index in [1.807, 2.05) is 32.1 Å². The second-order valence-electron chi connectivity index (χ2n) is 17.1. The van der Waals surface area contributed by atoms with Gasteiger partial charge in [0.25, 0.3) is 11.7 Å². The van der Waals surface area contributed by atoms with Crippen LogP contribution in [-0.4, -0.2) is 104 Å². The van der Waals surface area contributed by atoms with Gasteiger partial charge in [-0.1, -0.05) is 64.2 Å². The molecule has 0 aromatic heterocycles. The molecule has 1 saturated carbocycles. The summed E-state index contributed by atoms with van der Waals surface area (Å²) in [5, 5.41) is 41.7. The van der Waals surface area contributed by atoms with Crippen LogP contribution in [0.1, 0.15) is 125 Å². The van der Waals surface area contributed by atoms with Crippen molar-refractivity contribution >= 4 is 29.7 Å². The maximum atomic E-state index is 13.9. The lowest BCUT2D eigenvalue weighted by Gasteiger charge is -2.42. The van der Waals surface area contributed by atoms with Gasteiger partial charge in [0.15, 0.2) is 5.78 Å². The minimum Gasteiger partial charge on any atom is -0.460 e. The molecule has 0 bridgehead atoms. The molecule has 2 heterocycles. The Labute approximate surface area is 339 Å². The molecule has 3 rings (SSSR count). The van der Waals surface area contributed by atoms with E-state index in [1.165, 1.54) is 4.90 Å². The van der Waals surface area contributed by atoms with Gasteiger partial charge in [0.1, 0.15) is 25.0 Å². The first-order chi connectivity index (χ1) is 27.0. The van der Waals surface area contributed by atoms with Crippen LogP contribution in [0.4, 0.5) is 0 Å². The normalized spacial score (nSPS) is 29.1. The molecular formula is C45H69NO11. The molecule has 12 nitrogen and oxygen atoms in total. The molecule has 0 unspecified atom stereocenters. The fraction of sp³-hybridized carbons (Fsp3) is 0.711. The van der Waals surface area contributed by atoms with E-state index in [2.05, 4.69) is 0 Å². The number of hydrogen-bond donors (Lipinski definition) is 4. The molecule has 2 saturated heterocycles. The number of carbonyl (C=O) groups excluding carboxylic acids is 5. The molecule has 3 fully saturated rings. The Bertz CT molecular complexity index is 1480. The maximum absolute atomic E-state index is 13.9. The van der Waals surface area contributed by atoms with Crippen molar-refractivity contribution in [3.05, 3.63) is 47.6 Å². The van der Waals surface area contributed by atoms with E-state index in [0.29, 0.717) is 62.0 Å². The van der Waals surface area contributed by atoms with E-state index >= 15 is 0 Å². The number of amides is 1. The molecule has 4 N–H and O–H groups in total. The quantitative estimate of drug-likeness (QED) is 0.0401. The van der Waals surface area contributed by atoms with E-state index in [4.69, 9.17) is 14.6 Å². The van der Waals surface area contributed by atoms with Gasteiger partial charge in [-0.15, -0.1) is 0 Å². The number of nitrogens with zero attached hydrogens (tertiary/aromatic N) is 1. The first-order valence-corrected chi connectivity index (χ1v) is 21.1. The van der Waals surface area contributed by atoms with Crippen LogP contribution in [-0.2, 0) is 33.4 Å². The first kappa shape index (κ1) is 48.1. The fourth-order valence-electron chi connectivity index (χ4n) is 8.23. The zero-order chi connectivity index (χ0) is 42.3. The highest BCUT2D eigenvalue weighted by atomic mass is 16.6. The van der Waals surface area contributed by atoms with Crippen molar-refractivity contribution in [3.8, 4) is 0 Å². The predicted molar refractivity (Wildman–Crippen MR) is 216 cm³/mol. The second-order valence-corrected chi connectivity index (χ2v) is 17.1. The predicted octanol–water partition coefficient (Wildman–Crippen LogP) is 5.50. The van der Waals surface area contributed by atoms with Crippen molar-refractivity contribution < 1.29 is 53.9 Å². The SMILES string of the molecule is C/C(C=O)=C\C[C@H](OC(=O)[C@@H]1CCCCN1C(=O)C(=O)[C@]1(O)O[C@H](C[C@H](O)/C(C)=C/C=C/C=C/[C@@H](C)C[C@@H](C)C(=O)CO)CC[C@H]1C)[C@H](C)CC1CCC(O)CC1. The maximum Gasteiger partial charge on any atom is 0.329 e. The largest absolute Gasteiger partial charge is 0.460 e. The molecule has 320 valence electrons. The Kier molecular flexibility index (Phi) is 19.7. The highest BCUT2D eigenvalue weighted by molar-refractivity contribution is 6.39. The Balaban J connectivity index is 1.65. The van der Waals surface area contributed by atoms with Crippen molar-refractivity contribution in [1.29, 1.82) is 0 Å². The van der Waals surface area contributed by atoms with Gasteiger partial charge >= 0.3 is 5.97 Å². The number of likely N-dealkylation sites (tertiary alicyclic amines) is 1. The molecule has 9 atom stereocenters. The molecular weight excluding hydrogens is 730 g/mol. The monoisotopic (exact) mass is 799 g/mol. The Morgan fingerprint density at radius 3 is 2.32 bits per heavy atom. The van der Waals surface area contributed by atoms with Crippen molar-refractivity contribution in [1.82, 2.24) is 4.90 Å². The summed E-state index contributed by atoms with van der Waals surface area (Å²) < 4.78 is 12.1. The number of rotatable bonds is 20. The van der Waals surface area contributed by atoms with Crippen LogP contribution in [0.5, 0.6) is 0 Å². The Morgan fingerprint density at radius 2 is 1.65 bits per heavy atom. The van der Waals surface area contributed by atoms with Crippen LogP contribution < -0.4 is 0 Å². The lowest BCUT2D eigenvalue weighted by atomic mass is 9.80. The number of ketones is 2. The van der Waals surface area contributed by atoms with Crippen LogP contribution in [0, 0.1) is 29.6 Å². The molecule has 57 heavy (non-hydrogen) atoms. The zero-order valence-electron chi connectivity index (χ0n) is 35.0. The zero-order valence-corrected chi connectivity index (χ0v) is 35.0. The van der Waals surface area contributed by atoms with Crippen LogP contribution in [0.15, 0.2) is 47.6 Å². The summed E-state index contributed by atoms with van der Waals surface area (Å²) in [5.41, 5.74) is 1.16. The van der Waals surface area contributed by atoms with Gasteiger partial charge in [-0.25, -0.2) is 4.79 Å². The Morgan fingerprint density at radius 1 is 0.947 bits per heavy atom. The average Bonchev–Trinajstić information content (AvgIpc) is 3.20. The summed E-state index contributed by atoms with van der Waals surface area (Å²) in [5.74, 6) is -5.89. The van der Waals surface area contributed by atoms with Crippen LogP contribution >= 0.6 is 0 Å². The molecule has 1 amide bonds. The van der Waals surface area contributed by atoms with Gasteiger partial charge in [0.05, 0.1) is 18.3 Å². The number of piperidine rings is 1. The van der Waals surface area contributed by atoms with Crippen LogP contribution in [0.3, 0.4) is 0 Å². The lowest BCUT2D eigenvalue weighted by Crippen LogP contribution is -2.60. The topological polar surface area (TPSA) is 188 Å². The number of esters is 1. The fourth-order valence-corrected chi connectivity index (χ4v) is 8.23. The number of allylic oxidation sites excluding steroid dienone is 6. The third-order valence-corrected chi connectivity index (χ3v) is 12.2. The third kappa shape index (κ3) is 14.5. The molecule has 0 aromatic carbocycles. The van der Waals surface area contributed by atoms with Crippen molar-refractivity contribution in [2.75, 3.05) is 13.2 Å². The summed E-state index contributed by atoms with van der Waals surface area (Å²) in [4.78, 5) is 65.9. The lowest BCUT2D eigenvalue weighted by molar-refractivity contribution is -0.265. The number of Topliss-reactive ketones (excluding diaryl/α,β-unsaturated/α-hetero) is 2. The molecule has 3 aliphatic rings. The summed E-state index contributed by atoms with van der Waals surface area (Å²) in [6.45, 7) is 10.6. The highest BCUT2D eigenvalue weighted by Crippen LogP contribution is 2.37. The minimum atomic E-state index is -2.44. The van der Waals surface area contributed by atoms with Gasteiger partial charge in [-0.2, -0.15) is 0 Å². The van der Waals surface area contributed by atoms with E-state index in [-0.39, 0.29) is 42.6 Å². The molecule has 12 heteroatoms. The third-order valence-electron chi connectivity index (χ3n) is 12.2. The number of aliphatic hydroxyl groups is 4. The molecule has 1 aliphatic carbocycles. The molecule has 0 radical (unpaired) electrons. The van der Waals surface area contributed by atoms with E-state index in [0.717, 1.165) is 38.4 Å².